The lowest BCUT2D eigenvalue weighted by atomic mass is 9.97. The van der Waals surface area contributed by atoms with E-state index in [9.17, 15) is 4.79 Å². The fraction of sp³-hybridized carbons (Fsp3) is 0.381. The third kappa shape index (κ3) is 5.37. The quantitative estimate of drug-likeness (QED) is 0.784. The average Bonchev–Trinajstić information content (AvgIpc) is 2.69. The molecule has 0 spiro atoms. The Balaban J connectivity index is 0.00000261. The van der Waals surface area contributed by atoms with Crippen molar-refractivity contribution in [1.29, 1.82) is 0 Å². The van der Waals surface area contributed by atoms with E-state index in [1.807, 2.05) is 49.4 Å². The SMILES string of the molecule is COc1ccccc1COc1cccc(NC(=O)C2CCNCC2)c1C.Cl. The number of carbonyl (C=O) groups is 1. The number of anilines is 1. The molecule has 1 heterocycles. The summed E-state index contributed by atoms with van der Waals surface area (Å²) < 4.78 is 11.4. The molecule has 2 aromatic rings. The first-order valence-electron chi connectivity index (χ1n) is 9.05. The number of piperidine rings is 1. The fourth-order valence-corrected chi connectivity index (χ4v) is 3.20. The summed E-state index contributed by atoms with van der Waals surface area (Å²) in [5, 5.41) is 6.35. The molecule has 6 heteroatoms. The van der Waals surface area contributed by atoms with Crippen molar-refractivity contribution in [3.63, 3.8) is 0 Å². The Bertz CT molecular complexity index is 761. The predicted molar refractivity (Wildman–Crippen MR) is 110 cm³/mol. The van der Waals surface area contributed by atoms with Crippen LogP contribution in [0.3, 0.4) is 0 Å². The largest absolute Gasteiger partial charge is 0.496 e. The maximum absolute atomic E-state index is 12.5. The second-order valence-electron chi connectivity index (χ2n) is 6.54. The highest BCUT2D eigenvalue weighted by Crippen LogP contribution is 2.28. The summed E-state index contributed by atoms with van der Waals surface area (Å²) in [6.45, 7) is 4.18. The van der Waals surface area contributed by atoms with E-state index >= 15 is 0 Å². The van der Waals surface area contributed by atoms with E-state index in [1.54, 1.807) is 7.11 Å². The summed E-state index contributed by atoms with van der Waals surface area (Å²) in [7, 11) is 1.65. The highest BCUT2D eigenvalue weighted by Gasteiger charge is 2.21. The van der Waals surface area contributed by atoms with Gasteiger partial charge in [-0.3, -0.25) is 4.79 Å². The van der Waals surface area contributed by atoms with Gasteiger partial charge < -0.3 is 20.1 Å². The van der Waals surface area contributed by atoms with Gasteiger partial charge in [-0.25, -0.2) is 0 Å². The van der Waals surface area contributed by atoms with Crippen LogP contribution in [0.2, 0.25) is 0 Å². The van der Waals surface area contributed by atoms with Crippen molar-refractivity contribution in [2.24, 2.45) is 5.92 Å². The molecule has 0 aromatic heterocycles. The Morgan fingerprint density at radius 2 is 1.81 bits per heavy atom. The van der Waals surface area contributed by atoms with E-state index in [2.05, 4.69) is 10.6 Å². The minimum Gasteiger partial charge on any atom is -0.496 e. The number of carbonyl (C=O) groups excluding carboxylic acids is 1. The van der Waals surface area contributed by atoms with E-state index in [-0.39, 0.29) is 24.2 Å². The highest BCUT2D eigenvalue weighted by molar-refractivity contribution is 5.93. The smallest absolute Gasteiger partial charge is 0.227 e. The summed E-state index contributed by atoms with van der Waals surface area (Å²) in [5.74, 6) is 1.74. The Kier molecular flexibility index (Phi) is 7.95. The van der Waals surface area contributed by atoms with Crippen molar-refractivity contribution >= 4 is 24.0 Å². The van der Waals surface area contributed by atoms with Crippen LogP contribution >= 0.6 is 12.4 Å². The highest BCUT2D eigenvalue weighted by atomic mass is 35.5. The molecule has 0 bridgehead atoms. The van der Waals surface area contributed by atoms with Crippen molar-refractivity contribution in [2.75, 3.05) is 25.5 Å². The number of para-hydroxylation sites is 1. The zero-order valence-electron chi connectivity index (χ0n) is 15.8. The van der Waals surface area contributed by atoms with Crippen LogP contribution in [0.5, 0.6) is 11.5 Å². The molecule has 5 nitrogen and oxygen atoms in total. The molecule has 2 aromatic carbocycles. The standard InChI is InChI=1S/C21H26N2O3.ClH/c1-15-18(23-21(24)16-10-12-22-13-11-16)7-5-9-19(15)26-14-17-6-3-4-8-20(17)25-2;/h3-9,16,22H,10-14H2,1-2H3,(H,23,24);1H. The van der Waals surface area contributed by atoms with E-state index < -0.39 is 0 Å². The van der Waals surface area contributed by atoms with Gasteiger partial charge in [0.1, 0.15) is 18.1 Å². The molecule has 0 radical (unpaired) electrons. The van der Waals surface area contributed by atoms with Gasteiger partial charge in [-0.1, -0.05) is 24.3 Å². The van der Waals surface area contributed by atoms with Gasteiger partial charge in [0.05, 0.1) is 7.11 Å². The van der Waals surface area contributed by atoms with Crippen molar-refractivity contribution in [1.82, 2.24) is 5.32 Å². The van der Waals surface area contributed by atoms with Crippen LogP contribution in [-0.4, -0.2) is 26.1 Å². The number of nitrogens with one attached hydrogen (secondary N) is 2. The molecule has 1 amide bonds. The summed E-state index contributed by atoms with van der Waals surface area (Å²) in [5.41, 5.74) is 2.73. The number of rotatable bonds is 6. The second-order valence-corrected chi connectivity index (χ2v) is 6.54. The van der Waals surface area contributed by atoms with Crippen LogP contribution in [0, 0.1) is 12.8 Å². The lowest BCUT2D eigenvalue weighted by molar-refractivity contribution is -0.120. The number of methoxy groups -OCH3 is 1. The van der Waals surface area contributed by atoms with Crippen LogP contribution in [0.25, 0.3) is 0 Å². The lowest BCUT2D eigenvalue weighted by Gasteiger charge is -2.22. The van der Waals surface area contributed by atoms with Crippen LogP contribution in [0.4, 0.5) is 5.69 Å². The molecule has 0 unspecified atom stereocenters. The monoisotopic (exact) mass is 390 g/mol. The molecular weight excluding hydrogens is 364 g/mol. The first-order valence-corrected chi connectivity index (χ1v) is 9.05. The Morgan fingerprint density at radius 1 is 1.11 bits per heavy atom. The molecule has 1 aliphatic rings. The van der Waals surface area contributed by atoms with E-state index in [0.29, 0.717) is 6.61 Å². The zero-order valence-corrected chi connectivity index (χ0v) is 16.6. The van der Waals surface area contributed by atoms with Gasteiger partial charge in [0, 0.05) is 22.7 Å². The number of amides is 1. The molecule has 27 heavy (non-hydrogen) atoms. The molecule has 1 fully saturated rings. The van der Waals surface area contributed by atoms with Crippen molar-refractivity contribution < 1.29 is 14.3 Å². The topological polar surface area (TPSA) is 59.6 Å². The first-order chi connectivity index (χ1) is 12.7. The molecule has 0 aliphatic carbocycles. The summed E-state index contributed by atoms with van der Waals surface area (Å²) in [6.07, 6.45) is 1.77. The van der Waals surface area contributed by atoms with Gasteiger partial charge >= 0.3 is 0 Å². The molecule has 1 saturated heterocycles. The zero-order chi connectivity index (χ0) is 18.4. The summed E-state index contributed by atoms with van der Waals surface area (Å²) >= 11 is 0. The number of hydrogen-bond donors (Lipinski definition) is 2. The number of benzene rings is 2. The molecule has 0 saturated carbocycles. The van der Waals surface area contributed by atoms with Crippen LogP contribution in [0.1, 0.15) is 24.0 Å². The normalized spacial score (nSPS) is 14.1. The fourth-order valence-electron chi connectivity index (χ4n) is 3.20. The predicted octanol–water partition coefficient (Wildman–Crippen LogP) is 3.94. The van der Waals surface area contributed by atoms with Crippen molar-refractivity contribution in [3.8, 4) is 11.5 Å². The Morgan fingerprint density at radius 3 is 2.56 bits per heavy atom. The molecule has 0 atom stereocenters. The molecule has 1 aliphatic heterocycles. The second kappa shape index (κ2) is 10.2. The number of halogens is 1. The van der Waals surface area contributed by atoms with Crippen molar-refractivity contribution in [3.05, 3.63) is 53.6 Å². The third-order valence-corrected chi connectivity index (χ3v) is 4.83. The van der Waals surface area contributed by atoms with Gasteiger partial charge in [0.2, 0.25) is 5.91 Å². The van der Waals surface area contributed by atoms with Crippen LogP contribution in [0.15, 0.2) is 42.5 Å². The van der Waals surface area contributed by atoms with Gasteiger partial charge in [-0.05, 0) is 51.1 Å². The number of ether oxygens (including phenoxy) is 2. The van der Waals surface area contributed by atoms with Crippen LogP contribution < -0.4 is 20.1 Å². The Labute approximate surface area is 166 Å². The van der Waals surface area contributed by atoms with Gasteiger partial charge in [0.25, 0.3) is 0 Å². The minimum absolute atomic E-state index is 0. The van der Waals surface area contributed by atoms with E-state index in [0.717, 1.165) is 54.2 Å². The Hall–Kier alpha value is -2.24. The molecule has 2 N–H and O–H groups in total. The summed E-state index contributed by atoms with van der Waals surface area (Å²) in [6, 6.07) is 13.5. The third-order valence-electron chi connectivity index (χ3n) is 4.83. The van der Waals surface area contributed by atoms with Gasteiger partial charge in [0.15, 0.2) is 0 Å². The van der Waals surface area contributed by atoms with Crippen LogP contribution in [-0.2, 0) is 11.4 Å². The minimum atomic E-state index is 0. The van der Waals surface area contributed by atoms with E-state index in [1.165, 1.54) is 0 Å². The maximum atomic E-state index is 12.5. The summed E-state index contributed by atoms with van der Waals surface area (Å²) in [4.78, 5) is 12.5. The molecular formula is C21H27ClN2O3. The average molecular weight is 391 g/mol. The van der Waals surface area contributed by atoms with Crippen molar-refractivity contribution in [2.45, 2.75) is 26.4 Å². The maximum Gasteiger partial charge on any atom is 0.227 e. The molecule has 3 rings (SSSR count). The number of hydrogen-bond acceptors (Lipinski definition) is 4. The first kappa shape index (κ1) is 21.1. The van der Waals surface area contributed by atoms with Gasteiger partial charge in [-0.2, -0.15) is 0 Å². The van der Waals surface area contributed by atoms with E-state index in [4.69, 9.17) is 9.47 Å². The molecule has 146 valence electrons. The van der Waals surface area contributed by atoms with Gasteiger partial charge in [-0.15, -0.1) is 12.4 Å². The lowest BCUT2D eigenvalue weighted by Crippen LogP contribution is -2.34.